The number of carbonyl (C=O) groups excluding carboxylic acids is 4. The van der Waals surface area contributed by atoms with Gasteiger partial charge in [0.1, 0.15) is 23.4 Å². The zero-order valence-electron chi connectivity index (χ0n) is 36.5. The predicted molar refractivity (Wildman–Crippen MR) is 240 cm³/mol. The Kier molecular flexibility index (Phi) is 17.4. The van der Waals surface area contributed by atoms with Gasteiger partial charge < -0.3 is 60.6 Å². The van der Waals surface area contributed by atoms with Gasteiger partial charge in [-0.15, -0.1) is 0 Å². The zero-order valence-corrected chi connectivity index (χ0v) is 36.5. The highest BCUT2D eigenvalue weighted by molar-refractivity contribution is 5.95. The van der Waals surface area contributed by atoms with Gasteiger partial charge >= 0.3 is 23.9 Å². The van der Waals surface area contributed by atoms with E-state index in [1.54, 1.807) is 26.0 Å². The lowest BCUT2D eigenvalue weighted by molar-refractivity contribution is -0.147. The zero-order chi connectivity index (χ0) is 49.3. The molecule has 0 unspecified atom stereocenters. The number of nitrogens with two attached hydrogens (primary N) is 2. The Morgan fingerprint density at radius 3 is 1.62 bits per heavy atom. The molecule has 0 saturated carbocycles. The fourth-order valence-electron chi connectivity index (χ4n) is 6.17. The van der Waals surface area contributed by atoms with Crippen molar-refractivity contribution in [1.82, 2.24) is 40.5 Å². The minimum Gasteiger partial charge on any atom is -0.481 e. The van der Waals surface area contributed by atoms with Crippen molar-refractivity contribution in [2.75, 3.05) is 24.7 Å². The number of aliphatic carboxylic acids is 2. The second-order valence-corrected chi connectivity index (χ2v) is 14.4. The number of anilines is 2. The van der Waals surface area contributed by atoms with Crippen molar-refractivity contribution >= 4 is 69.7 Å². The molecular weight excluding hydrogens is 893 g/mol. The molecular formula is C44H46N10O14. The molecule has 0 aliphatic rings. The van der Waals surface area contributed by atoms with Gasteiger partial charge in [-0.2, -0.15) is 9.97 Å². The van der Waals surface area contributed by atoms with Crippen molar-refractivity contribution in [3.8, 4) is 23.7 Å². The number of aromatic amines is 4. The minimum absolute atomic E-state index is 0.0184. The molecule has 6 heterocycles. The number of esters is 2. The average Bonchev–Trinajstić information content (AvgIpc) is 4.11. The lowest BCUT2D eigenvalue weighted by Gasteiger charge is -2.16. The van der Waals surface area contributed by atoms with Crippen molar-refractivity contribution in [2.24, 2.45) is 0 Å². The predicted octanol–water partition coefficient (Wildman–Crippen LogP) is 1.87. The van der Waals surface area contributed by atoms with Crippen LogP contribution >= 0.6 is 0 Å². The molecule has 0 saturated heterocycles. The average molecular weight is 939 g/mol. The van der Waals surface area contributed by atoms with Gasteiger partial charge in [0.25, 0.3) is 22.9 Å². The normalized spacial score (nSPS) is 11.4. The number of nitrogen functional groups attached to an aromatic ring is 2. The summed E-state index contributed by atoms with van der Waals surface area (Å²) < 4.78 is 20.6. The Balaban J connectivity index is 0.000000256. The summed E-state index contributed by atoms with van der Waals surface area (Å²) in [6.45, 7) is 3.67. The Morgan fingerprint density at radius 2 is 1.16 bits per heavy atom. The molecule has 0 spiro atoms. The van der Waals surface area contributed by atoms with Crippen LogP contribution in [0.2, 0.25) is 0 Å². The molecule has 24 heteroatoms. The van der Waals surface area contributed by atoms with Crippen LogP contribution < -0.4 is 33.2 Å². The Morgan fingerprint density at radius 1 is 0.691 bits per heavy atom. The number of nitrogens with zero attached hydrogens (tertiary/aromatic N) is 2. The third-order valence-electron chi connectivity index (χ3n) is 9.33. The number of nitrogens with one attached hydrogen (secondary N) is 6. The van der Waals surface area contributed by atoms with Crippen LogP contribution in [0.5, 0.6) is 0 Å². The summed E-state index contributed by atoms with van der Waals surface area (Å²) in [6.07, 6.45) is 1.20. The Bertz CT molecular complexity index is 3060. The smallest absolute Gasteiger partial charge is 0.328 e. The van der Waals surface area contributed by atoms with Crippen molar-refractivity contribution in [1.29, 1.82) is 0 Å². The fourth-order valence-corrected chi connectivity index (χ4v) is 6.17. The first-order valence-corrected chi connectivity index (χ1v) is 20.8. The van der Waals surface area contributed by atoms with E-state index in [9.17, 15) is 38.4 Å². The molecule has 0 aliphatic carbocycles. The highest BCUT2D eigenvalue weighted by Crippen LogP contribution is 2.14. The van der Waals surface area contributed by atoms with E-state index in [-0.39, 0.29) is 78.5 Å². The number of carboxylic acids is 2. The van der Waals surface area contributed by atoms with E-state index in [0.717, 1.165) is 11.4 Å². The molecule has 0 bridgehead atoms. The standard InChI is InChI=1S/C24H27N5O7.C20H19N5O7/c1-3-34-19(30)12-10-17(23(33)35-4-2)27-22(32)18-11-9-15(36-18)8-6-5-7-14-13-16-20(26-14)28-24(25)29-21(16)31;21-20-24-16-12(17(28)25-20)9-10(22-16)3-1-2-4-11-5-7-14(32-11)18(29)23-13(19(30)31)6-8-15(26)27/h9,11,13,17H,3-5,7,10,12H2,1-2H3,(H,27,32)(H4,25,26,28,29,31);5,7,9,13H,1,3,6,8H2,(H,23,29)(H,26,27)(H,30,31)(H4,21,22,24,25,28)/t17-;13-/m00/s1. The lowest BCUT2D eigenvalue weighted by atomic mass is 10.1. The van der Waals surface area contributed by atoms with Crippen LogP contribution in [0.1, 0.15) is 96.4 Å². The molecule has 0 aliphatic heterocycles. The van der Waals surface area contributed by atoms with Crippen LogP contribution in [-0.4, -0.2) is 101 Å². The van der Waals surface area contributed by atoms with Gasteiger partial charge in [-0.3, -0.25) is 38.7 Å². The topological polar surface area (TPSA) is 387 Å². The molecule has 2 atom stereocenters. The molecule has 6 aromatic heterocycles. The second-order valence-electron chi connectivity index (χ2n) is 14.4. The molecule has 68 heavy (non-hydrogen) atoms. The first-order chi connectivity index (χ1) is 32.5. The Hall–Kier alpha value is -9.06. The van der Waals surface area contributed by atoms with Gasteiger partial charge in [-0.25, -0.2) is 9.59 Å². The first kappa shape index (κ1) is 49.9. The number of hydrogen-bond acceptors (Lipinski definition) is 16. The van der Waals surface area contributed by atoms with Gasteiger partial charge in [0.05, 0.1) is 24.0 Å². The molecule has 356 valence electrons. The van der Waals surface area contributed by atoms with Crippen molar-refractivity contribution < 1.29 is 57.3 Å². The first-order valence-electron chi connectivity index (χ1n) is 20.8. The van der Waals surface area contributed by atoms with E-state index in [2.05, 4.69) is 64.2 Å². The maximum Gasteiger partial charge on any atom is 0.328 e. The fraction of sp³-hybridized carbons (Fsp3) is 0.318. The SMILES string of the molecule is CCOC(=O)CC[C@H](NC(=O)c1ccc(C#CCCc2cc3c(=O)[nH]c(N)nc3[nH]2)o1)C(=O)OCC.Nc1nc2[nH]c(CCC#Cc3ccc(C(=O)N[C@@H](CCC(=O)O)C(=O)O)o3)cc2c(=O)[nH]1. The van der Waals surface area contributed by atoms with Crippen LogP contribution in [0, 0.1) is 23.7 Å². The summed E-state index contributed by atoms with van der Waals surface area (Å²) >= 11 is 0. The van der Waals surface area contributed by atoms with Crippen LogP contribution in [0.3, 0.4) is 0 Å². The van der Waals surface area contributed by atoms with E-state index in [0.29, 0.717) is 47.8 Å². The molecule has 2 amide bonds. The van der Waals surface area contributed by atoms with Gasteiger partial charge in [-0.1, -0.05) is 11.8 Å². The number of ether oxygens (including phenoxy) is 2. The van der Waals surface area contributed by atoms with Gasteiger partial charge in [0, 0.05) is 37.1 Å². The number of carbonyl (C=O) groups is 6. The van der Waals surface area contributed by atoms with E-state index >= 15 is 0 Å². The summed E-state index contributed by atoms with van der Waals surface area (Å²) in [5.41, 5.74) is 12.7. The van der Waals surface area contributed by atoms with Gasteiger partial charge in [-0.05, 0) is 87.8 Å². The number of aromatic nitrogens is 6. The number of fused-ring (bicyclic) bond motifs is 2. The number of aryl methyl sites for hydroxylation is 2. The highest BCUT2D eigenvalue weighted by atomic mass is 16.5. The molecule has 0 radical (unpaired) electrons. The van der Waals surface area contributed by atoms with E-state index < -0.39 is 54.2 Å². The van der Waals surface area contributed by atoms with Crippen LogP contribution in [-0.2, 0) is 41.5 Å². The third kappa shape index (κ3) is 14.5. The number of amides is 2. The van der Waals surface area contributed by atoms with E-state index in [1.807, 2.05) is 0 Å². The second kappa shape index (κ2) is 23.7. The van der Waals surface area contributed by atoms with Crippen molar-refractivity contribution in [2.45, 2.75) is 77.3 Å². The largest absolute Gasteiger partial charge is 0.481 e. The molecule has 12 N–H and O–H groups in total. The molecule has 0 aromatic carbocycles. The molecule has 24 nitrogen and oxygen atoms in total. The number of carboxylic acid groups (broad SMARTS) is 2. The van der Waals surface area contributed by atoms with Gasteiger partial charge in [0.15, 0.2) is 23.0 Å². The Labute approximate surface area is 384 Å². The lowest BCUT2D eigenvalue weighted by Crippen LogP contribution is -2.42. The van der Waals surface area contributed by atoms with E-state index in [4.69, 9.17) is 40.0 Å². The highest BCUT2D eigenvalue weighted by Gasteiger charge is 2.26. The molecule has 0 fully saturated rings. The summed E-state index contributed by atoms with van der Waals surface area (Å²) in [5.74, 6) is 6.67. The maximum atomic E-state index is 12.6. The monoisotopic (exact) mass is 938 g/mol. The molecule has 6 rings (SSSR count). The van der Waals surface area contributed by atoms with Crippen LogP contribution in [0.25, 0.3) is 22.1 Å². The number of rotatable bonds is 18. The van der Waals surface area contributed by atoms with Crippen molar-refractivity contribution in [3.63, 3.8) is 0 Å². The van der Waals surface area contributed by atoms with Crippen molar-refractivity contribution in [3.05, 3.63) is 91.5 Å². The summed E-state index contributed by atoms with van der Waals surface area (Å²) in [6, 6.07) is 6.75. The summed E-state index contributed by atoms with van der Waals surface area (Å²) in [7, 11) is 0. The van der Waals surface area contributed by atoms with Crippen LogP contribution in [0.15, 0.2) is 54.8 Å². The molecule has 6 aromatic rings. The maximum absolute atomic E-state index is 12.6. The summed E-state index contributed by atoms with van der Waals surface area (Å²) in [4.78, 5) is 113. The summed E-state index contributed by atoms with van der Waals surface area (Å²) in [5, 5.41) is 23.3. The number of furan rings is 2. The third-order valence-corrected chi connectivity index (χ3v) is 9.33. The van der Waals surface area contributed by atoms with Gasteiger partial charge in [0.2, 0.25) is 11.9 Å². The number of H-pyrrole nitrogens is 4. The quantitative estimate of drug-likeness (QED) is 0.0434. The van der Waals surface area contributed by atoms with E-state index in [1.165, 1.54) is 24.3 Å². The minimum atomic E-state index is -1.35. The van der Waals surface area contributed by atoms with Crippen LogP contribution in [0.4, 0.5) is 11.9 Å². The number of hydrogen-bond donors (Lipinski definition) is 10.